The quantitative estimate of drug-likeness (QED) is 0.753. The third-order valence-electron chi connectivity index (χ3n) is 3.30. The van der Waals surface area contributed by atoms with Gasteiger partial charge in [0.05, 0.1) is 6.54 Å². The molecule has 0 atom stereocenters. The molecule has 4 N–H and O–H groups in total. The Bertz CT molecular complexity index is 656. The number of anilines is 3. The molecule has 110 valence electrons. The molecule has 0 aromatic heterocycles. The molecule has 1 amide bonds. The van der Waals surface area contributed by atoms with Gasteiger partial charge in [0.1, 0.15) is 5.75 Å². The first-order valence-corrected chi connectivity index (χ1v) is 6.62. The number of rotatable bonds is 4. The summed E-state index contributed by atoms with van der Waals surface area (Å²) in [5.74, 6) is 0.0287. The number of hydrogen-bond donors (Lipinski definition) is 3. The fraction of sp³-hybridized carbons (Fsp3) is 0.188. The summed E-state index contributed by atoms with van der Waals surface area (Å²) in [5.41, 5.74) is 8.80. The third-order valence-corrected chi connectivity index (χ3v) is 3.30. The monoisotopic (exact) mass is 285 g/mol. The van der Waals surface area contributed by atoms with Crippen LogP contribution in [-0.4, -0.2) is 24.6 Å². The first kappa shape index (κ1) is 14.7. The lowest BCUT2D eigenvalue weighted by molar-refractivity contribution is -0.114. The molecule has 0 fully saturated rings. The zero-order valence-corrected chi connectivity index (χ0v) is 12.1. The molecule has 0 aliphatic carbocycles. The third kappa shape index (κ3) is 3.66. The van der Waals surface area contributed by atoms with E-state index in [0.29, 0.717) is 11.4 Å². The van der Waals surface area contributed by atoms with Crippen molar-refractivity contribution < 1.29 is 9.90 Å². The maximum absolute atomic E-state index is 12.1. The molecule has 2 aromatic carbocycles. The van der Waals surface area contributed by atoms with Gasteiger partial charge in [0.25, 0.3) is 0 Å². The van der Waals surface area contributed by atoms with Gasteiger partial charge in [0.2, 0.25) is 5.91 Å². The Kier molecular flexibility index (Phi) is 4.33. The van der Waals surface area contributed by atoms with Crippen LogP contribution in [0.5, 0.6) is 5.75 Å². The number of nitrogens with zero attached hydrogens (tertiary/aromatic N) is 1. The number of carbonyl (C=O) groups excluding carboxylic acids is 1. The summed E-state index contributed by atoms with van der Waals surface area (Å²) in [6.07, 6.45) is 0. The van der Waals surface area contributed by atoms with Crippen molar-refractivity contribution in [3.63, 3.8) is 0 Å². The van der Waals surface area contributed by atoms with Crippen LogP contribution in [-0.2, 0) is 4.79 Å². The lowest BCUT2D eigenvalue weighted by atomic mass is 10.1. The second kappa shape index (κ2) is 6.17. The van der Waals surface area contributed by atoms with Crippen molar-refractivity contribution in [3.8, 4) is 5.75 Å². The molecular weight excluding hydrogens is 266 g/mol. The van der Waals surface area contributed by atoms with Crippen molar-refractivity contribution in [1.29, 1.82) is 0 Å². The van der Waals surface area contributed by atoms with Crippen LogP contribution < -0.4 is 16.0 Å². The summed E-state index contributed by atoms with van der Waals surface area (Å²) in [7, 11) is 1.79. The highest BCUT2D eigenvalue weighted by molar-refractivity contribution is 5.95. The molecule has 5 nitrogen and oxygen atoms in total. The molecule has 0 radical (unpaired) electrons. The van der Waals surface area contributed by atoms with E-state index >= 15 is 0 Å². The highest BCUT2D eigenvalue weighted by Crippen LogP contribution is 2.21. The highest BCUT2D eigenvalue weighted by Gasteiger charge is 2.10. The van der Waals surface area contributed by atoms with Gasteiger partial charge in [0, 0.05) is 30.2 Å². The zero-order chi connectivity index (χ0) is 15.4. The molecule has 0 saturated carbocycles. The standard InChI is InChI=1S/C16H19N3O2/c1-11-14(17)7-4-8-15(11)18-16(21)10-19(2)12-5-3-6-13(20)9-12/h3-9,20H,10,17H2,1-2H3,(H,18,21). The minimum absolute atomic E-state index is 0.144. The molecule has 0 aliphatic rings. The second-order valence-corrected chi connectivity index (χ2v) is 4.94. The Labute approximate surface area is 124 Å². The van der Waals surface area contributed by atoms with E-state index in [4.69, 9.17) is 5.73 Å². The van der Waals surface area contributed by atoms with Gasteiger partial charge in [-0.15, -0.1) is 0 Å². The highest BCUT2D eigenvalue weighted by atomic mass is 16.3. The topological polar surface area (TPSA) is 78.6 Å². The average Bonchev–Trinajstić information content (AvgIpc) is 2.44. The summed E-state index contributed by atoms with van der Waals surface area (Å²) in [4.78, 5) is 13.8. The minimum Gasteiger partial charge on any atom is -0.508 e. The van der Waals surface area contributed by atoms with Crippen molar-refractivity contribution in [1.82, 2.24) is 0 Å². The molecule has 0 bridgehead atoms. The van der Waals surface area contributed by atoms with Gasteiger partial charge in [-0.3, -0.25) is 4.79 Å². The van der Waals surface area contributed by atoms with E-state index in [9.17, 15) is 9.90 Å². The first-order chi connectivity index (χ1) is 9.97. The van der Waals surface area contributed by atoms with E-state index in [2.05, 4.69) is 5.32 Å². The van der Waals surface area contributed by atoms with Crippen molar-refractivity contribution in [2.75, 3.05) is 29.5 Å². The minimum atomic E-state index is -0.144. The Morgan fingerprint density at radius 1 is 1.29 bits per heavy atom. The largest absolute Gasteiger partial charge is 0.508 e. The zero-order valence-electron chi connectivity index (χ0n) is 12.1. The molecule has 0 heterocycles. The Morgan fingerprint density at radius 2 is 2.00 bits per heavy atom. The number of phenols is 1. The Balaban J connectivity index is 2.03. The Morgan fingerprint density at radius 3 is 2.71 bits per heavy atom. The van der Waals surface area contributed by atoms with Crippen LogP contribution in [0.4, 0.5) is 17.1 Å². The summed E-state index contributed by atoms with van der Waals surface area (Å²) in [5, 5.41) is 12.3. The second-order valence-electron chi connectivity index (χ2n) is 4.94. The summed E-state index contributed by atoms with van der Waals surface area (Å²) in [6.45, 7) is 2.04. The van der Waals surface area contributed by atoms with Gasteiger partial charge in [-0.1, -0.05) is 12.1 Å². The van der Waals surface area contributed by atoms with Gasteiger partial charge in [-0.05, 0) is 36.8 Å². The lowest BCUT2D eigenvalue weighted by Crippen LogP contribution is -2.30. The Hall–Kier alpha value is -2.69. The lowest BCUT2D eigenvalue weighted by Gasteiger charge is -2.19. The van der Waals surface area contributed by atoms with Gasteiger partial charge >= 0.3 is 0 Å². The van der Waals surface area contributed by atoms with E-state index in [-0.39, 0.29) is 18.2 Å². The van der Waals surface area contributed by atoms with Crippen molar-refractivity contribution in [3.05, 3.63) is 48.0 Å². The number of likely N-dealkylation sites (N-methyl/N-ethyl adjacent to an activating group) is 1. The molecule has 0 aliphatic heterocycles. The molecular formula is C16H19N3O2. The van der Waals surface area contributed by atoms with Gasteiger partial charge in [-0.25, -0.2) is 0 Å². The molecule has 0 saturated heterocycles. The van der Waals surface area contributed by atoms with Gasteiger partial charge in [-0.2, -0.15) is 0 Å². The number of amides is 1. The maximum atomic E-state index is 12.1. The van der Waals surface area contributed by atoms with Gasteiger partial charge in [0.15, 0.2) is 0 Å². The first-order valence-electron chi connectivity index (χ1n) is 6.62. The predicted octanol–water partition coefficient (Wildman–Crippen LogP) is 2.36. The summed E-state index contributed by atoms with van der Waals surface area (Å²) in [6, 6.07) is 12.2. The van der Waals surface area contributed by atoms with Crippen molar-refractivity contribution >= 4 is 23.0 Å². The van der Waals surface area contributed by atoms with Crippen molar-refractivity contribution in [2.45, 2.75) is 6.92 Å². The van der Waals surface area contributed by atoms with Crippen molar-refractivity contribution in [2.24, 2.45) is 0 Å². The van der Waals surface area contributed by atoms with E-state index in [1.807, 2.05) is 19.1 Å². The van der Waals surface area contributed by atoms with Crippen LogP contribution in [0.15, 0.2) is 42.5 Å². The van der Waals surface area contributed by atoms with E-state index in [0.717, 1.165) is 11.3 Å². The number of nitrogen functional groups attached to an aromatic ring is 1. The number of aromatic hydroxyl groups is 1. The van der Waals surface area contributed by atoms with Crippen LogP contribution in [0.3, 0.4) is 0 Å². The predicted molar refractivity (Wildman–Crippen MR) is 85.6 cm³/mol. The maximum Gasteiger partial charge on any atom is 0.243 e. The van der Waals surface area contributed by atoms with Crippen LogP contribution in [0.25, 0.3) is 0 Å². The fourth-order valence-electron chi connectivity index (χ4n) is 2.02. The van der Waals surface area contributed by atoms with Crippen LogP contribution in [0.2, 0.25) is 0 Å². The van der Waals surface area contributed by atoms with Gasteiger partial charge < -0.3 is 21.1 Å². The van der Waals surface area contributed by atoms with E-state index < -0.39 is 0 Å². The van der Waals surface area contributed by atoms with E-state index in [1.54, 1.807) is 42.3 Å². The average molecular weight is 285 g/mol. The number of hydrogen-bond acceptors (Lipinski definition) is 4. The number of carbonyl (C=O) groups is 1. The van der Waals surface area contributed by atoms with Crippen LogP contribution >= 0.6 is 0 Å². The number of nitrogens with two attached hydrogens (primary N) is 1. The number of benzene rings is 2. The smallest absolute Gasteiger partial charge is 0.243 e. The van der Waals surface area contributed by atoms with E-state index in [1.165, 1.54) is 0 Å². The molecule has 5 heteroatoms. The molecule has 0 unspecified atom stereocenters. The number of phenolic OH excluding ortho intramolecular Hbond substituents is 1. The normalized spacial score (nSPS) is 10.2. The van der Waals surface area contributed by atoms with Crippen LogP contribution in [0.1, 0.15) is 5.56 Å². The molecule has 0 spiro atoms. The van der Waals surface area contributed by atoms with Crippen LogP contribution in [0, 0.1) is 6.92 Å². The fourth-order valence-corrected chi connectivity index (χ4v) is 2.02. The molecule has 2 rings (SSSR count). The summed E-state index contributed by atoms with van der Waals surface area (Å²) >= 11 is 0. The SMILES string of the molecule is Cc1c(N)cccc1NC(=O)CN(C)c1cccc(O)c1. The molecule has 2 aromatic rings. The molecule has 21 heavy (non-hydrogen) atoms. The number of nitrogens with one attached hydrogen (secondary N) is 1. The summed E-state index contributed by atoms with van der Waals surface area (Å²) < 4.78 is 0.